The number of para-hydroxylation sites is 1. The molecule has 6 nitrogen and oxygen atoms in total. The molecule has 0 radical (unpaired) electrons. The van der Waals surface area contributed by atoms with E-state index in [-0.39, 0.29) is 18.6 Å². The summed E-state index contributed by atoms with van der Waals surface area (Å²) in [6.07, 6.45) is 2.15. The van der Waals surface area contributed by atoms with Gasteiger partial charge in [0.25, 0.3) is 5.56 Å². The zero-order chi connectivity index (χ0) is 19.6. The zero-order valence-electron chi connectivity index (χ0n) is 15.5. The largest absolute Gasteiger partial charge is 0.458 e. The molecule has 142 valence electrons. The van der Waals surface area contributed by atoms with E-state index in [1.54, 1.807) is 29.3 Å². The van der Waals surface area contributed by atoms with Gasteiger partial charge in [0, 0.05) is 21.4 Å². The smallest absolute Gasteiger partial charge is 0.343 e. The second kappa shape index (κ2) is 5.93. The van der Waals surface area contributed by atoms with Crippen LogP contribution in [0.4, 0.5) is 0 Å². The molecule has 7 heteroatoms. The number of thioether (sulfide) groups is 1. The topological polar surface area (TPSA) is 81.4 Å². The van der Waals surface area contributed by atoms with Crippen molar-refractivity contribution in [3.05, 3.63) is 57.4 Å². The molecule has 0 saturated carbocycles. The molecule has 1 atom stereocenters. The van der Waals surface area contributed by atoms with Crippen molar-refractivity contribution in [3.63, 3.8) is 0 Å². The molecule has 0 fully saturated rings. The lowest BCUT2D eigenvalue weighted by Crippen LogP contribution is -2.44. The normalized spacial score (nSPS) is 19.9. The predicted molar refractivity (Wildman–Crippen MR) is 106 cm³/mol. The molecule has 0 aliphatic carbocycles. The molecule has 0 spiro atoms. The van der Waals surface area contributed by atoms with E-state index in [1.165, 1.54) is 0 Å². The molecule has 2 aliphatic heterocycles. The van der Waals surface area contributed by atoms with E-state index in [9.17, 15) is 14.7 Å². The van der Waals surface area contributed by atoms with Gasteiger partial charge in [-0.15, -0.1) is 11.8 Å². The van der Waals surface area contributed by atoms with E-state index in [1.807, 2.05) is 30.5 Å². The lowest BCUT2D eigenvalue weighted by molar-refractivity contribution is -0.172. The van der Waals surface area contributed by atoms with Crippen molar-refractivity contribution in [2.45, 2.75) is 37.0 Å². The molecule has 5 rings (SSSR count). The Labute approximate surface area is 165 Å². The van der Waals surface area contributed by atoms with E-state index in [2.05, 4.69) is 0 Å². The zero-order valence-corrected chi connectivity index (χ0v) is 16.3. The maximum absolute atomic E-state index is 13.2. The highest BCUT2D eigenvalue weighted by Gasteiger charge is 2.45. The number of carbonyl (C=O) groups excluding carboxylic acids is 1. The van der Waals surface area contributed by atoms with Gasteiger partial charge < -0.3 is 14.4 Å². The summed E-state index contributed by atoms with van der Waals surface area (Å²) in [4.78, 5) is 31.4. The quantitative estimate of drug-likeness (QED) is 0.416. The minimum atomic E-state index is -1.80. The minimum absolute atomic E-state index is 0.114. The summed E-state index contributed by atoms with van der Waals surface area (Å²) in [5.74, 6) is -0.707. The fourth-order valence-electron chi connectivity index (χ4n) is 4.22. The Kier molecular flexibility index (Phi) is 3.70. The van der Waals surface area contributed by atoms with E-state index < -0.39 is 11.6 Å². The number of aliphatic hydroxyl groups is 1. The third-order valence-corrected chi connectivity index (χ3v) is 6.62. The fraction of sp³-hybridized carbons (Fsp3) is 0.286. The van der Waals surface area contributed by atoms with Gasteiger partial charge in [0.1, 0.15) is 6.61 Å². The van der Waals surface area contributed by atoms with Gasteiger partial charge >= 0.3 is 5.97 Å². The Morgan fingerprint density at radius 2 is 2.07 bits per heavy atom. The highest BCUT2D eigenvalue weighted by Crippen LogP contribution is 2.42. The lowest BCUT2D eigenvalue weighted by atomic mass is 9.86. The first-order valence-electron chi connectivity index (χ1n) is 9.12. The minimum Gasteiger partial charge on any atom is -0.458 e. The maximum Gasteiger partial charge on any atom is 0.343 e. The van der Waals surface area contributed by atoms with Crippen LogP contribution >= 0.6 is 11.8 Å². The number of nitrogens with zero attached hydrogens (tertiary/aromatic N) is 2. The number of rotatable bonds is 2. The number of hydrogen-bond donors (Lipinski definition) is 1. The number of carbonyl (C=O) groups is 1. The van der Waals surface area contributed by atoms with Crippen molar-refractivity contribution >= 4 is 28.6 Å². The van der Waals surface area contributed by atoms with Crippen LogP contribution in [0.5, 0.6) is 0 Å². The molecular weight excluding hydrogens is 376 g/mol. The van der Waals surface area contributed by atoms with Gasteiger partial charge in [-0.25, -0.2) is 9.78 Å². The van der Waals surface area contributed by atoms with Gasteiger partial charge in [-0.2, -0.15) is 0 Å². The molecule has 1 N–H and O–H groups in total. The highest BCUT2D eigenvalue weighted by atomic mass is 32.2. The Hall–Kier alpha value is -2.64. The second-order valence-electron chi connectivity index (χ2n) is 7.09. The van der Waals surface area contributed by atoms with E-state index >= 15 is 0 Å². The van der Waals surface area contributed by atoms with Crippen molar-refractivity contribution < 1.29 is 14.6 Å². The Morgan fingerprint density at radius 1 is 1.29 bits per heavy atom. The molecule has 0 saturated heterocycles. The van der Waals surface area contributed by atoms with Crippen molar-refractivity contribution in [3.8, 4) is 11.4 Å². The third kappa shape index (κ3) is 2.11. The fourth-order valence-corrected chi connectivity index (χ4v) is 5.02. The first-order valence-corrected chi connectivity index (χ1v) is 10.3. The van der Waals surface area contributed by atoms with Crippen molar-refractivity contribution in [1.82, 2.24) is 9.55 Å². The molecule has 28 heavy (non-hydrogen) atoms. The number of benzene rings is 1. The summed E-state index contributed by atoms with van der Waals surface area (Å²) >= 11 is 1.63. The van der Waals surface area contributed by atoms with Crippen LogP contribution in [-0.4, -0.2) is 26.9 Å². The first kappa shape index (κ1) is 17.5. The van der Waals surface area contributed by atoms with Gasteiger partial charge in [0.15, 0.2) is 5.60 Å². The number of cyclic esters (lactones) is 1. The molecule has 1 aromatic carbocycles. The van der Waals surface area contributed by atoms with Crippen LogP contribution in [0.3, 0.4) is 0 Å². The molecule has 0 bridgehead atoms. The standard InChI is InChI=1S/C21H18N2O4S/c1-3-21(26)14-8-16-17-12(9-23(16)19(24)13(14)10-27-20(21)25)18(28-2)11-6-4-5-7-15(11)22-17/h4-8,26H,3,9-10H2,1-2H3/t21-/m0/s1. The summed E-state index contributed by atoms with van der Waals surface area (Å²) in [5.41, 5.74) is 1.88. The molecular formula is C21H18N2O4S. The van der Waals surface area contributed by atoms with E-state index in [4.69, 9.17) is 9.72 Å². The highest BCUT2D eigenvalue weighted by molar-refractivity contribution is 7.98. The van der Waals surface area contributed by atoms with Crippen LogP contribution in [0.15, 0.2) is 40.0 Å². The SMILES string of the molecule is CC[C@@]1(O)C(=O)OCc2c1cc1n(c2=O)Cc2c-1nc1ccccc1c2SC. The van der Waals surface area contributed by atoms with Gasteiger partial charge in [0.2, 0.25) is 0 Å². The number of esters is 1. The molecule has 0 unspecified atom stereocenters. The second-order valence-corrected chi connectivity index (χ2v) is 7.91. The average Bonchev–Trinajstić information content (AvgIpc) is 3.08. The summed E-state index contributed by atoms with van der Waals surface area (Å²) in [5, 5.41) is 12.0. The number of aromatic nitrogens is 2. The average molecular weight is 394 g/mol. The number of pyridine rings is 2. The number of fused-ring (bicyclic) bond motifs is 5. The summed E-state index contributed by atoms with van der Waals surface area (Å²) in [7, 11) is 0. The summed E-state index contributed by atoms with van der Waals surface area (Å²) < 4.78 is 6.79. The first-order chi connectivity index (χ1) is 13.5. The van der Waals surface area contributed by atoms with Gasteiger partial charge in [0.05, 0.1) is 29.0 Å². The van der Waals surface area contributed by atoms with Crippen LogP contribution in [0.2, 0.25) is 0 Å². The molecule has 0 amide bonds. The van der Waals surface area contributed by atoms with Gasteiger partial charge in [-0.05, 0) is 24.8 Å². The Balaban J connectivity index is 1.84. The van der Waals surface area contributed by atoms with Gasteiger partial charge in [-0.1, -0.05) is 25.1 Å². The molecule has 2 aromatic heterocycles. The third-order valence-electron chi connectivity index (χ3n) is 5.75. The van der Waals surface area contributed by atoms with Gasteiger partial charge in [-0.3, -0.25) is 4.79 Å². The Bertz CT molecular complexity index is 1230. The van der Waals surface area contributed by atoms with Crippen molar-refractivity contribution in [2.75, 3.05) is 6.26 Å². The molecule has 4 heterocycles. The van der Waals surface area contributed by atoms with E-state index in [0.29, 0.717) is 23.4 Å². The van der Waals surface area contributed by atoms with Crippen molar-refractivity contribution in [2.24, 2.45) is 0 Å². The van der Waals surface area contributed by atoms with Crippen LogP contribution < -0.4 is 5.56 Å². The van der Waals surface area contributed by atoms with Crippen LogP contribution in [0, 0.1) is 0 Å². The van der Waals surface area contributed by atoms with Crippen LogP contribution in [0.1, 0.15) is 30.0 Å². The number of ether oxygens (including phenoxy) is 1. The summed E-state index contributed by atoms with van der Waals surface area (Å²) in [6, 6.07) is 9.65. The predicted octanol–water partition coefficient (Wildman–Crippen LogP) is 2.80. The molecule has 3 aromatic rings. The monoisotopic (exact) mass is 394 g/mol. The lowest BCUT2D eigenvalue weighted by Gasteiger charge is -2.31. The Morgan fingerprint density at radius 3 is 2.82 bits per heavy atom. The summed E-state index contributed by atoms with van der Waals surface area (Å²) in [6.45, 7) is 2.01. The van der Waals surface area contributed by atoms with Crippen LogP contribution in [-0.2, 0) is 28.3 Å². The number of hydrogen-bond acceptors (Lipinski definition) is 6. The van der Waals surface area contributed by atoms with E-state index in [0.717, 1.165) is 27.1 Å². The van der Waals surface area contributed by atoms with Crippen molar-refractivity contribution in [1.29, 1.82) is 0 Å². The van der Waals surface area contributed by atoms with Crippen LogP contribution in [0.25, 0.3) is 22.3 Å². The maximum atomic E-state index is 13.2. The molecule has 2 aliphatic rings.